The monoisotopic (exact) mass is 190 g/mol. The highest BCUT2D eigenvalue weighted by molar-refractivity contribution is 5.96. The SMILES string of the molecule is CC1(C)O[C@@H]1CC(=O)c1ccccc1. The van der Waals surface area contributed by atoms with E-state index < -0.39 is 0 Å². The van der Waals surface area contributed by atoms with Crippen molar-refractivity contribution in [3.8, 4) is 0 Å². The average Bonchev–Trinajstić information content (AvgIpc) is 2.75. The fourth-order valence-corrected chi connectivity index (χ4v) is 1.53. The first-order chi connectivity index (χ1) is 6.59. The van der Waals surface area contributed by atoms with Crippen LogP contribution in [-0.2, 0) is 4.74 Å². The molecule has 1 saturated heterocycles. The molecule has 0 radical (unpaired) electrons. The van der Waals surface area contributed by atoms with Crippen LogP contribution < -0.4 is 0 Å². The van der Waals surface area contributed by atoms with Crippen molar-refractivity contribution >= 4 is 5.78 Å². The highest BCUT2D eigenvalue weighted by Gasteiger charge is 2.48. The number of carbonyl (C=O) groups excluding carboxylic acids is 1. The predicted molar refractivity (Wildman–Crippen MR) is 54.3 cm³/mol. The summed E-state index contributed by atoms with van der Waals surface area (Å²) in [6.45, 7) is 4.02. The van der Waals surface area contributed by atoms with Crippen molar-refractivity contribution in [3.63, 3.8) is 0 Å². The Labute approximate surface area is 83.9 Å². The van der Waals surface area contributed by atoms with Crippen molar-refractivity contribution in [2.45, 2.75) is 32.0 Å². The summed E-state index contributed by atoms with van der Waals surface area (Å²) in [6.07, 6.45) is 0.604. The normalized spacial score (nSPS) is 23.1. The smallest absolute Gasteiger partial charge is 0.165 e. The highest BCUT2D eigenvalue weighted by Crippen LogP contribution is 2.38. The van der Waals surface area contributed by atoms with Gasteiger partial charge in [0.05, 0.1) is 11.7 Å². The summed E-state index contributed by atoms with van der Waals surface area (Å²) in [5.74, 6) is 0.168. The van der Waals surface area contributed by atoms with Crippen LogP contribution in [0.4, 0.5) is 0 Å². The Kier molecular flexibility index (Phi) is 2.16. The van der Waals surface area contributed by atoms with Crippen LogP contribution in [0.1, 0.15) is 30.6 Å². The van der Waals surface area contributed by atoms with Gasteiger partial charge < -0.3 is 4.74 Å². The molecule has 74 valence electrons. The number of benzene rings is 1. The number of ether oxygens (including phenoxy) is 1. The van der Waals surface area contributed by atoms with Gasteiger partial charge in [-0.15, -0.1) is 0 Å². The number of hydrogen-bond donors (Lipinski definition) is 0. The van der Waals surface area contributed by atoms with Crippen LogP contribution in [0.3, 0.4) is 0 Å². The van der Waals surface area contributed by atoms with E-state index in [9.17, 15) is 4.79 Å². The maximum atomic E-state index is 11.7. The molecule has 1 aromatic rings. The molecule has 14 heavy (non-hydrogen) atoms. The van der Waals surface area contributed by atoms with Gasteiger partial charge in [0.1, 0.15) is 0 Å². The third-order valence-electron chi connectivity index (χ3n) is 2.63. The van der Waals surface area contributed by atoms with Gasteiger partial charge in [0.15, 0.2) is 5.78 Å². The predicted octanol–water partition coefficient (Wildman–Crippen LogP) is 2.44. The van der Waals surface area contributed by atoms with Crippen molar-refractivity contribution in [3.05, 3.63) is 35.9 Å². The number of hydrogen-bond acceptors (Lipinski definition) is 2. The minimum Gasteiger partial charge on any atom is -0.366 e. The molecule has 2 heteroatoms. The molecule has 1 heterocycles. The molecule has 2 rings (SSSR count). The molecule has 0 spiro atoms. The van der Waals surface area contributed by atoms with E-state index in [1.54, 1.807) is 0 Å². The van der Waals surface area contributed by atoms with Crippen molar-refractivity contribution in [2.24, 2.45) is 0 Å². The number of rotatable bonds is 3. The number of Topliss-reactive ketones (excluding diaryl/α,β-unsaturated/α-hetero) is 1. The van der Waals surface area contributed by atoms with Gasteiger partial charge in [-0.2, -0.15) is 0 Å². The molecule has 2 nitrogen and oxygen atoms in total. The van der Waals surface area contributed by atoms with Gasteiger partial charge in [0.25, 0.3) is 0 Å². The third kappa shape index (κ3) is 1.85. The van der Waals surface area contributed by atoms with Crippen molar-refractivity contribution in [1.82, 2.24) is 0 Å². The lowest BCUT2D eigenvalue weighted by Crippen LogP contribution is -2.09. The van der Waals surface area contributed by atoms with Gasteiger partial charge >= 0.3 is 0 Å². The van der Waals surface area contributed by atoms with Crippen LogP contribution in [0.15, 0.2) is 30.3 Å². The van der Waals surface area contributed by atoms with Gasteiger partial charge in [-0.1, -0.05) is 30.3 Å². The molecule has 0 bridgehead atoms. The lowest BCUT2D eigenvalue weighted by Gasteiger charge is -1.98. The Morgan fingerprint density at radius 1 is 1.36 bits per heavy atom. The van der Waals surface area contributed by atoms with Crippen LogP contribution in [0.5, 0.6) is 0 Å². The zero-order valence-corrected chi connectivity index (χ0v) is 8.49. The molecule has 0 saturated carbocycles. The van der Waals surface area contributed by atoms with E-state index >= 15 is 0 Å². The first-order valence-electron chi connectivity index (χ1n) is 4.86. The minimum atomic E-state index is -0.0928. The molecule has 0 unspecified atom stereocenters. The minimum absolute atomic E-state index is 0.0928. The third-order valence-corrected chi connectivity index (χ3v) is 2.63. The Balaban J connectivity index is 1.98. The Bertz CT molecular complexity index is 341. The van der Waals surface area contributed by atoms with E-state index in [1.807, 2.05) is 44.2 Å². The van der Waals surface area contributed by atoms with Crippen LogP contribution in [-0.4, -0.2) is 17.5 Å². The van der Waals surface area contributed by atoms with Crippen molar-refractivity contribution in [2.75, 3.05) is 0 Å². The number of carbonyl (C=O) groups is 1. The molecule has 0 amide bonds. The fourth-order valence-electron chi connectivity index (χ4n) is 1.53. The zero-order chi connectivity index (χ0) is 10.2. The second kappa shape index (κ2) is 3.21. The van der Waals surface area contributed by atoms with Gasteiger partial charge in [-0.25, -0.2) is 0 Å². The van der Waals surface area contributed by atoms with Gasteiger partial charge in [0, 0.05) is 12.0 Å². The summed E-state index contributed by atoms with van der Waals surface area (Å²) in [5, 5.41) is 0. The molecular formula is C12H14O2. The van der Waals surface area contributed by atoms with E-state index in [1.165, 1.54) is 0 Å². The van der Waals surface area contributed by atoms with Crippen LogP contribution in [0.25, 0.3) is 0 Å². The first kappa shape index (κ1) is 9.41. The Morgan fingerprint density at radius 3 is 2.43 bits per heavy atom. The summed E-state index contributed by atoms with van der Waals surface area (Å²) in [5.41, 5.74) is 0.684. The second-order valence-electron chi connectivity index (χ2n) is 4.20. The summed E-state index contributed by atoms with van der Waals surface area (Å²) in [4.78, 5) is 11.7. The van der Waals surface area contributed by atoms with E-state index in [2.05, 4.69) is 0 Å². The quantitative estimate of drug-likeness (QED) is 0.541. The molecule has 1 aliphatic rings. The van der Waals surface area contributed by atoms with Crippen molar-refractivity contribution in [1.29, 1.82) is 0 Å². The Hall–Kier alpha value is -1.15. The summed E-state index contributed by atoms with van der Waals surface area (Å²) in [7, 11) is 0. The molecule has 0 aliphatic carbocycles. The summed E-state index contributed by atoms with van der Waals surface area (Å²) >= 11 is 0. The standard InChI is InChI=1S/C12H14O2/c1-12(2)11(14-12)8-10(13)9-6-4-3-5-7-9/h3-7,11H,8H2,1-2H3/t11-/m1/s1. The summed E-state index contributed by atoms with van der Waals surface area (Å²) in [6, 6.07) is 9.36. The number of ketones is 1. The van der Waals surface area contributed by atoms with E-state index in [0.29, 0.717) is 6.42 Å². The van der Waals surface area contributed by atoms with Crippen LogP contribution >= 0.6 is 0 Å². The molecule has 1 aliphatic heterocycles. The second-order valence-corrected chi connectivity index (χ2v) is 4.20. The maximum Gasteiger partial charge on any atom is 0.165 e. The fraction of sp³-hybridized carbons (Fsp3) is 0.417. The first-order valence-corrected chi connectivity index (χ1v) is 4.86. The van der Waals surface area contributed by atoms with Gasteiger partial charge in [0.2, 0.25) is 0 Å². The van der Waals surface area contributed by atoms with Gasteiger partial charge in [-0.05, 0) is 13.8 Å². The van der Waals surface area contributed by atoms with E-state index in [4.69, 9.17) is 4.74 Å². The largest absolute Gasteiger partial charge is 0.366 e. The van der Waals surface area contributed by atoms with Crippen LogP contribution in [0, 0.1) is 0 Å². The lowest BCUT2D eigenvalue weighted by atomic mass is 10.0. The highest BCUT2D eigenvalue weighted by atomic mass is 16.6. The summed E-state index contributed by atoms with van der Waals surface area (Å²) < 4.78 is 5.38. The average molecular weight is 190 g/mol. The van der Waals surface area contributed by atoms with Gasteiger partial charge in [-0.3, -0.25) is 4.79 Å². The molecule has 0 aromatic heterocycles. The maximum absolute atomic E-state index is 11.7. The van der Waals surface area contributed by atoms with Crippen LogP contribution in [0.2, 0.25) is 0 Å². The topological polar surface area (TPSA) is 29.6 Å². The van der Waals surface area contributed by atoms with E-state index in [0.717, 1.165) is 5.56 Å². The zero-order valence-electron chi connectivity index (χ0n) is 8.49. The number of epoxide rings is 1. The Morgan fingerprint density at radius 2 is 1.93 bits per heavy atom. The molecule has 1 fully saturated rings. The molecule has 1 aromatic carbocycles. The molecule has 0 N–H and O–H groups in total. The van der Waals surface area contributed by atoms with Crippen molar-refractivity contribution < 1.29 is 9.53 Å². The molecule has 1 atom stereocenters. The lowest BCUT2D eigenvalue weighted by molar-refractivity contribution is 0.0972. The molecular weight excluding hydrogens is 176 g/mol. The van der Waals surface area contributed by atoms with E-state index in [-0.39, 0.29) is 17.5 Å².